The topological polar surface area (TPSA) is 58.2 Å². The molecule has 0 spiro atoms. The van der Waals surface area contributed by atoms with Gasteiger partial charge >= 0.3 is 5.51 Å². The van der Waals surface area contributed by atoms with Crippen LogP contribution in [-0.2, 0) is 29.7 Å². The highest BCUT2D eigenvalue weighted by Gasteiger charge is 2.29. The van der Waals surface area contributed by atoms with E-state index < -0.39 is 15.5 Å². The number of halogens is 3. The van der Waals surface area contributed by atoms with E-state index in [0.29, 0.717) is 0 Å². The van der Waals surface area contributed by atoms with Gasteiger partial charge in [0.25, 0.3) is 0 Å². The van der Waals surface area contributed by atoms with E-state index in [1.807, 2.05) is 18.2 Å². The van der Waals surface area contributed by atoms with Gasteiger partial charge in [0.15, 0.2) is 0 Å². The summed E-state index contributed by atoms with van der Waals surface area (Å²) in [6.07, 6.45) is 0. The molecule has 2 aromatic rings. The number of thioether (sulfide) groups is 1. The summed E-state index contributed by atoms with van der Waals surface area (Å²) in [6, 6.07) is 10.4. The van der Waals surface area contributed by atoms with E-state index >= 15 is 0 Å². The molecule has 1 heterocycles. The van der Waals surface area contributed by atoms with E-state index in [9.17, 15) is 21.6 Å². The van der Waals surface area contributed by atoms with Gasteiger partial charge in [-0.3, -0.25) is 0 Å². The van der Waals surface area contributed by atoms with E-state index in [0.717, 1.165) is 36.3 Å². The molecule has 1 aliphatic rings. The average Bonchev–Trinajstić information content (AvgIpc) is 2.99. The van der Waals surface area contributed by atoms with E-state index in [1.165, 1.54) is 17.7 Å². The Hall–Kier alpha value is -1.55. The minimum Gasteiger partial charge on any atom is -0.309 e. The molecule has 9 heteroatoms. The first kappa shape index (κ1) is 18.2. The maximum Gasteiger partial charge on any atom is 0.446 e. The van der Waals surface area contributed by atoms with Crippen LogP contribution in [0.5, 0.6) is 0 Å². The predicted molar refractivity (Wildman–Crippen MR) is 89.4 cm³/mol. The third-order valence-corrected chi connectivity index (χ3v) is 5.89. The molecule has 0 saturated heterocycles. The number of nitrogens with one attached hydrogen (secondary N) is 2. The summed E-state index contributed by atoms with van der Waals surface area (Å²) >= 11 is -0.280. The number of benzene rings is 2. The number of sulfonamides is 1. The van der Waals surface area contributed by atoms with Gasteiger partial charge in [-0.1, -0.05) is 18.2 Å². The molecule has 0 bridgehead atoms. The molecule has 0 radical (unpaired) electrons. The third-order valence-electron chi connectivity index (χ3n) is 3.74. The lowest BCUT2D eigenvalue weighted by molar-refractivity contribution is -0.0328. The van der Waals surface area contributed by atoms with Crippen molar-refractivity contribution in [1.82, 2.24) is 10.0 Å². The lowest BCUT2D eigenvalue weighted by atomic mass is 10.1. The second-order valence-corrected chi connectivity index (χ2v) is 8.46. The van der Waals surface area contributed by atoms with Gasteiger partial charge in [-0.25, -0.2) is 13.1 Å². The van der Waals surface area contributed by atoms with Gasteiger partial charge < -0.3 is 5.32 Å². The second-order valence-electron chi connectivity index (χ2n) is 5.55. The summed E-state index contributed by atoms with van der Waals surface area (Å²) in [4.78, 5) is -0.126. The van der Waals surface area contributed by atoms with Gasteiger partial charge in [-0.15, -0.1) is 0 Å². The Morgan fingerprint density at radius 1 is 1.04 bits per heavy atom. The highest BCUT2D eigenvalue weighted by atomic mass is 32.2. The van der Waals surface area contributed by atoms with Crippen molar-refractivity contribution in [3.63, 3.8) is 0 Å². The summed E-state index contributed by atoms with van der Waals surface area (Å²) in [5.74, 6) is 0. The summed E-state index contributed by atoms with van der Waals surface area (Å²) in [7, 11) is -3.79. The number of rotatable bonds is 5. The summed E-state index contributed by atoms with van der Waals surface area (Å²) in [5.41, 5.74) is -1.23. The lowest BCUT2D eigenvalue weighted by Gasteiger charge is -2.09. The van der Waals surface area contributed by atoms with Crippen molar-refractivity contribution >= 4 is 21.8 Å². The van der Waals surface area contributed by atoms with E-state index in [-0.39, 0.29) is 28.1 Å². The molecular weight excluding hydrogens is 373 g/mol. The fraction of sp³-hybridized carbons (Fsp3) is 0.250. The summed E-state index contributed by atoms with van der Waals surface area (Å²) < 4.78 is 64.0. The Morgan fingerprint density at radius 2 is 1.72 bits per heavy atom. The van der Waals surface area contributed by atoms with Gasteiger partial charge in [0.2, 0.25) is 10.0 Å². The Balaban J connectivity index is 1.67. The van der Waals surface area contributed by atoms with Crippen LogP contribution in [0.4, 0.5) is 13.2 Å². The molecule has 0 amide bonds. The van der Waals surface area contributed by atoms with Crippen LogP contribution in [0.15, 0.2) is 52.3 Å². The Labute approximate surface area is 147 Å². The molecule has 0 saturated carbocycles. The fourth-order valence-electron chi connectivity index (χ4n) is 2.54. The SMILES string of the molecule is O=S(=O)(NCc1ccc2c(c1)CNC2)c1ccc(SC(F)(F)F)cc1. The Bertz CT molecular complexity index is 866. The lowest BCUT2D eigenvalue weighted by Crippen LogP contribution is -2.23. The molecule has 25 heavy (non-hydrogen) atoms. The normalized spacial score (nSPS) is 14.5. The molecule has 134 valence electrons. The van der Waals surface area contributed by atoms with Crippen LogP contribution in [0.1, 0.15) is 16.7 Å². The molecule has 0 atom stereocenters. The quantitative estimate of drug-likeness (QED) is 0.771. The van der Waals surface area contributed by atoms with E-state index in [2.05, 4.69) is 10.0 Å². The molecule has 0 aliphatic carbocycles. The predicted octanol–water partition coefficient (Wildman–Crippen LogP) is 3.38. The first-order chi connectivity index (χ1) is 11.7. The van der Waals surface area contributed by atoms with Crippen LogP contribution < -0.4 is 10.0 Å². The highest BCUT2D eigenvalue weighted by Crippen LogP contribution is 2.36. The molecule has 4 nitrogen and oxygen atoms in total. The number of hydrogen-bond donors (Lipinski definition) is 2. The fourth-order valence-corrected chi connectivity index (χ4v) is 4.10. The van der Waals surface area contributed by atoms with Crippen molar-refractivity contribution in [2.24, 2.45) is 0 Å². The molecule has 2 N–H and O–H groups in total. The van der Waals surface area contributed by atoms with Gasteiger partial charge in [0, 0.05) is 24.5 Å². The smallest absolute Gasteiger partial charge is 0.309 e. The van der Waals surface area contributed by atoms with Crippen LogP contribution in [0.3, 0.4) is 0 Å². The number of hydrogen-bond acceptors (Lipinski definition) is 4. The zero-order valence-electron chi connectivity index (χ0n) is 12.9. The van der Waals surface area contributed by atoms with E-state index in [1.54, 1.807) is 0 Å². The maximum absolute atomic E-state index is 12.3. The standard InChI is InChI=1S/C16H15F3N2O2S2/c17-16(18,19)24-14-3-5-15(6-4-14)25(22,23)21-8-11-1-2-12-9-20-10-13(12)7-11/h1-7,20-21H,8-10H2. The largest absolute Gasteiger partial charge is 0.446 e. The molecule has 0 aromatic heterocycles. The van der Waals surface area contributed by atoms with Crippen LogP contribution in [0.25, 0.3) is 0 Å². The van der Waals surface area contributed by atoms with Gasteiger partial charge in [-0.05, 0) is 52.7 Å². The van der Waals surface area contributed by atoms with Crippen molar-refractivity contribution in [3.8, 4) is 0 Å². The van der Waals surface area contributed by atoms with Crippen molar-refractivity contribution in [2.75, 3.05) is 0 Å². The molecule has 1 aliphatic heterocycles. The van der Waals surface area contributed by atoms with Gasteiger partial charge in [-0.2, -0.15) is 13.2 Å². The molecule has 2 aromatic carbocycles. The summed E-state index contributed by atoms with van der Waals surface area (Å²) in [5, 5.41) is 3.21. The van der Waals surface area contributed by atoms with Crippen LogP contribution >= 0.6 is 11.8 Å². The van der Waals surface area contributed by atoms with Gasteiger partial charge in [0.1, 0.15) is 0 Å². The van der Waals surface area contributed by atoms with E-state index in [4.69, 9.17) is 0 Å². The minimum absolute atomic E-state index is 0.0578. The molecule has 0 fully saturated rings. The Kier molecular flexibility index (Phi) is 5.10. The number of fused-ring (bicyclic) bond motifs is 1. The zero-order chi connectivity index (χ0) is 18.1. The minimum atomic E-state index is -4.40. The molecule has 3 rings (SSSR count). The second kappa shape index (κ2) is 6.99. The zero-order valence-corrected chi connectivity index (χ0v) is 14.6. The third kappa shape index (κ3) is 4.75. The highest BCUT2D eigenvalue weighted by molar-refractivity contribution is 8.00. The maximum atomic E-state index is 12.3. The van der Waals surface area contributed by atoms with Crippen LogP contribution in [0, 0.1) is 0 Å². The summed E-state index contributed by atoms with van der Waals surface area (Å²) in [6.45, 7) is 1.69. The number of alkyl halides is 3. The van der Waals surface area contributed by atoms with Gasteiger partial charge in [0.05, 0.1) is 4.90 Å². The molecular formula is C16H15F3N2O2S2. The van der Waals surface area contributed by atoms with Crippen LogP contribution in [0.2, 0.25) is 0 Å². The van der Waals surface area contributed by atoms with Crippen molar-refractivity contribution in [1.29, 1.82) is 0 Å². The average molecular weight is 388 g/mol. The first-order valence-electron chi connectivity index (χ1n) is 7.40. The first-order valence-corrected chi connectivity index (χ1v) is 9.70. The monoisotopic (exact) mass is 388 g/mol. The Morgan fingerprint density at radius 3 is 2.40 bits per heavy atom. The van der Waals surface area contributed by atoms with Crippen molar-refractivity contribution in [3.05, 3.63) is 59.2 Å². The van der Waals surface area contributed by atoms with Crippen LogP contribution in [-0.4, -0.2) is 13.9 Å². The molecule has 0 unspecified atom stereocenters. The van der Waals surface area contributed by atoms with Crippen molar-refractivity contribution in [2.45, 2.75) is 34.9 Å². The van der Waals surface area contributed by atoms with Crippen molar-refractivity contribution < 1.29 is 21.6 Å².